The molecule has 2 rings (SSSR count). The molecule has 2 aromatic rings. The standard InChI is InChI=1S/C16H14F3NO5/c1-23-13(21)15(16(17,18)19,12-8-5-9-24-12)20-14(22)25-10-11-6-3-2-4-7-11/h2-9H,10H2,1H3,(H,20,22)/t15-/m1/s1. The smallest absolute Gasteiger partial charge is 0.430 e. The number of hydrogen-bond acceptors (Lipinski definition) is 5. The number of ether oxygens (including phenoxy) is 2. The van der Waals surface area contributed by atoms with Crippen molar-refractivity contribution in [3.8, 4) is 0 Å². The van der Waals surface area contributed by atoms with Crippen molar-refractivity contribution in [2.45, 2.75) is 18.3 Å². The van der Waals surface area contributed by atoms with Crippen molar-refractivity contribution in [2.75, 3.05) is 7.11 Å². The molecular formula is C16H14F3NO5. The maximum absolute atomic E-state index is 13.7. The molecule has 0 radical (unpaired) electrons. The third-order valence-electron chi connectivity index (χ3n) is 3.31. The van der Waals surface area contributed by atoms with Gasteiger partial charge in [-0.15, -0.1) is 0 Å². The quantitative estimate of drug-likeness (QED) is 0.832. The number of furan rings is 1. The van der Waals surface area contributed by atoms with Gasteiger partial charge in [-0.1, -0.05) is 30.3 Å². The molecule has 0 spiro atoms. The van der Waals surface area contributed by atoms with E-state index in [9.17, 15) is 22.8 Å². The monoisotopic (exact) mass is 357 g/mol. The van der Waals surface area contributed by atoms with Crippen LogP contribution in [0.4, 0.5) is 18.0 Å². The molecule has 1 aromatic heterocycles. The SMILES string of the molecule is COC(=O)[C@](NC(=O)OCc1ccccc1)(c1ccco1)C(F)(F)F. The minimum atomic E-state index is -5.23. The highest BCUT2D eigenvalue weighted by Gasteiger charge is 2.66. The summed E-state index contributed by atoms with van der Waals surface area (Å²) < 4.78 is 54.7. The van der Waals surface area contributed by atoms with Crippen LogP contribution in [0.5, 0.6) is 0 Å². The Bertz CT molecular complexity index is 715. The number of halogens is 3. The summed E-state index contributed by atoms with van der Waals surface area (Å²) in [6.45, 7) is -0.278. The summed E-state index contributed by atoms with van der Waals surface area (Å²) >= 11 is 0. The maximum atomic E-state index is 13.7. The lowest BCUT2D eigenvalue weighted by molar-refractivity contribution is -0.217. The van der Waals surface area contributed by atoms with Crippen LogP contribution in [0.15, 0.2) is 53.1 Å². The summed E-state index contributed by atoms with van der Waals surface area (Å²) in [5.74, 6) is -2.60. The Labute approximate surface area is 140 Å². The Hall–Kier alpha value is -2.97. The fraction of sp³-hybridized carbons (Fsp3) is 0.250. The van der Waals surface area contributed by atoms with E-state index in [2.05, 4.69) is 4.74 Å². The van der Waals surface area contributed by atoms with Gasteiger partial charge in [-0.3, -0.25) is 5.32 Å². The molecule has 1 aromatic carbocycles. The first-order valence-corrected chi connectivity index (χ1v) is 6.99. The zero-order valence-corrected chi connectivity index (χ0v) is 13.0. The molecule has 1 atom stereocenters. The van der Waals surface area contributed by atoms with Crippen molar-refractivity contribution in [3.63, 3.8) is 0 Å². The van der Waals surface area contributed by atoms with Gasteiger partial charge in [-0.2, -0.15) is 13.2 Å². The zero-order valence-electron chi connectivity index (χ0n) is 13.0. The molecule has 134 valence electrons. The molecule has 1 N–H and O–H groups in total. The molecule has 0 unspecified atom stereocenters. The second kappa shape index (κ2) is 7.29. The van der Waals surface area contributed by atoms with Crippen LogP contribution in [-0.4, -0.2) is 25.3 Å². The van der Waals surface area contributed by atoms with E-state index in [1.807, 2.05) is 0 Å². The van der Waals surface area contributed by atoms with E-state index in [0.717, 1.165) is 25.5 Å². The van der Waals surface area contributed by atoms with Gasteiger partial charge in [0.25, 0.3) is 5.54 Å². The molecule has 0 aliphatic heterocycles. The number of methoxy groups -OCH3 is 1. The first kappa shape index (κ1) is 18.4. The summed E-state index contributed by atoms with van der Waals surface area (Å²) in [4.78, 5) is 23.8. The lowest BCUT2D eigenvalue weighted by Crippen LogP contribution is -2.61. The Morgan fingerprint density at radius 1 is 1.12 bits per heavy atom. The van der Waals surface area contributed by atoms with Crippen molar-refractivity contribution in [2.24, 2.45) is 0 Å². The Morgan fingerprint density at radius 2 is 1.80 bits per heavy atom. The lowest BCUT2D eigenvalue weighted by Gasteiger charge is -2.31. The average Bonchev–Trinajstić information content (AvgIpc) is 3.11. The molecule has 0 saturated carbocycles. The van der Waals surface area contributed by atoms with Crippen LogP contribution < -0.4 is 5.32 Å². The number of hydrogen-bond donors (Lipinski definition) is 1. The van der Waals surface area contributed by atoms with Crippen LogP contribution in [0.2, 0.25) is 0 Å². The molecule has 0 aliphatic rings. The number of esters is 1. The van der Waals surface area contributed by atoms with Crippen LogP contribution in [-0.2, 0) is 26.4 Å². The summed E-state index contributed by atoms with van der Waals surface area (Å²) in [6, 6.07) is 10.4. The third-order valence-corrected chi connectivity index (χ3v) is 3.31. The van der Waals surface area contributed by atoms with E-state index in [-0.39, 0.29) is 6.61 Å². The van der Waals surface area contributed by atoms with E-state index in [1.165, 1.54) is 5.32 Å². The highest BCUT2D eigenvalue weighted by atomic mass is 19.4. The van der Waals surface area contributed by atoms with Crippen LogP contribution in [0.3, 0.4) is 0 Å². The fourth-order valence-electron chi connectivity index (χ4n) is 2.10. The summed E-state index contributed by atoms with van der Waals surface area (Å²) in [6.07, 6.45) is -5.75. The van der Waals surface area contributed by atoms with Crippen molar-refractivity contribution < 1.29 is 36.7 Å². The van der Waals surface area contributed by atoms with Crippen LogP contribution in [0, 0.1) is 0 Å². The predicted octanol–water partition coefficient (Wildman–Crippen LogP) is 3.14. The number of carbonyl (C=O) groups is 2. The number of benzene rings is 1. The van der Waals surface area contributed by atoms with Crippen LogP contribution >= 0.6 is 0 Å². The first-order valence-electron chi connectivity index (χ1n) is 6.99. The normalized spacial score (nSPS) is 13.6. The average molecular weight is 357 g/mol. The second-order valence-corrected chi connectivity index (χ2v) is 4.90. The third kappa shape index (κ3) is 3.76. The van der Waals surface area contributed by atoms with E-state index >= 15 is 0 Å². The minimum Gasteiger partial charge on any atom is -0.467 e. The number of alkyl carbamates (subject to hydrolysis) is 1. The molecule has 0 fully saturated rings. The second-order valence-electron chi connectivity index (χ2n) is 4.90. The molecule has 0 aliphatic carbocycles. The van der Waals surface area contributed by atoms with Gasteiger partial charge >= 0.3 is 18.2 Å². The molecular weight excluding hydrogens is 343 g/mol. The maximum Gasteiger partial charge on any atom is 0.430 e. The molecule has 9 heteroatoms. The Balaban J connectivity index is 2.27. The van der Waals surface area contributed by atoms with Crippen molar-refractivity contribution in [1.82, 2.24) is 5.32 Å². The zero-order chi connectivity index (χ0) is 18.5. The molecule has 0 bridgehead atoms. The molecule has 1 heterocycles. The Morgan fingerprint density at radius 3 is 2.32 bits per heavy atom. The number of nitrogens with one attached hydrogen (secondary N) is 1. The predicted molar refractivity (Wildman–Crippen MR) is 78.2 cm³/mol. The van der Waals surface area contributed by atoms with E-state index in [4.69, 9.17) is 9.15 Å². The van der Waals surface area contributed by atoms with E-state index < -0.39 is 29.5 Å². The highest BCUT2D eigenvalue weighted by molar-refractivity contribution is 5.87. The van der Waals surface area contributed by atoms with E-state index in [1.54, 1.807) is 30.3 Å². The number of rotatable bonds is 5. The molecule has 25 heavy (non-hydrogen) atoms. The van der Waals surface area contributed by atoms with Gasteiger partial charge < -0.3 is 13.9 Å². The van der Waals surface area contributed by atoms with Crippen molar-refractivity contribution in [1.29, 1.82) is 0 Å². The molecule has 1 amide bonds. The van der Waals surface area contributed by atoms with E-state index in [0.29, 0.717) is 5.56 Å². The summed E-state index contributed by atoms with van der Waals surface area (Å²) in [7, 11) is 0.767. The van der Waals surface area contributed by atoms with Gasteiger partial charge in [-0.05, 0) is 17.7 Å². The van der Waals surface area contributed by atoms with Gasteiger partial charge in [0.05, 0.1) is 13.4 Å². The number of carbonyl (C=O) groups excluding carboxylic acids is 2. The largest absolute Gasteiger partial charge is 0.467 e. The molecule has 6 nitrogen and oxygen atoms in total. The van der Waals surface area contributed by atoms with Crippen molar-refractivity contribution in [3.05, 3.63) is 60.1 Å². The van der Waals surface area contributed by atoms with Gasteiger partial charge in [0.15, 0.2) is 0 Å². The highest BCUT2D eigenvalue weighted by Crippen LogP contribution is 2.40. The summed E-state index contributed by atoms with van der Waals surface area (Å²) in [5.41, 5.74) is -2.95. The Kier molecular flexibility index (Phi) is 5.35. The topological polar surface area (TPSA) is 77.8 Å². The number of alkyl halides is 3. The van der Waals surface area contributed by atoms with Gasteiger partial charge in [0.1, 0.15) is 12.4 Å². The van der Waals surface area contributed by atoms with Crippen LogP contribution in [0.1, 0.15) is 11.3 Å². The van der Waals surface area contributed by atoms with Gasteiger partial charge in [0, 0.05) is 0 Å². The van der Waals surface area contributed by atoms with Crippen molar-refractivity contribution >= 4 is 12.1 Å². The number of amides is 1. The fourth-order valence-corrected chi connectivity index (χ4v) is 2.10. The first-order chi connectivity index (χ1) is 11.8. The van der Waals surface area contributed by atoms with Gasteiger partial charge in [-0.25, -0.2) is 9.59 Å². The molecule has 0 saturated heterocycles. The summed E-state index contributed by atoms with van der Waals surface area (Å²) in [5, 5.41) is 1.54. The lowest BCUT2D eigenvalue weighted by atomic mass is 9.95. The minimum absolute atomic E-state index is 0.278. The van der Waals surface area contributed by atoms with Gasteiger partial charge in [0.2, 0.25) is 0 Å². The van der Waals surface area contributed by atoms with Crippen LogP contribution in [0.25, 0.3) is 0 Å².